The molecule has 0 aromatic carbocycles. The molecule has 0 saturated carbocycles. The van der Waals surface area contributed by atoms with Gasteiger partial charge in [0.1, 0.15) is 6.10 Å². The minimum Gasteiger partial charge on any atom is -0.385 e. The predicted molar refractivity (Wildman–Crippen MR) is 40.4 cm³/mol. The molecule has 57 valence electrons. The highest BCUT2D eigenvalue weighted by Gasteiger charge is 2.08. The first-order valence-electron chi connectivity index (χ1n) is 3.36. The van der Waals surface area contributed by atoms with Crippen molar-refractivity contribution >= 4 is 5.78 Å². The van der Waals surface area contributed by atoms with E-state index in [4.69, 9.17) is 5.11 Å². The van der Waals surface area contributed by atoms with Gasteiger partial charge in [0.05, 0.1) is 0 Å². The maximum Gasteiger partial charge on any atom is 0.183 e. The Bertz CT molecular complexity index is 118. The molecular weight excluding hydrogens is 128 g/mol. The second-order valence-electron chi connectivity index (χ2n) is 2.12. The molecule has 0 aromatic rings. The summed E-state index contributed by atoms with van der Waals surface area (Å²) in [5, 5.41) is 9.00. The number of carbonyl (C=O) groups is 1. The van der Waals surface area contributed by atoms with Crippen molar-refractivity contribution in [3.63, 3.8) is 0 Å². The van der Waals surface area contributed by atoms with Gasteiger partial charge >= 0.3 is 0 Å². The van der Waals surface area contributed by atoms with E-state index in [1.54, 1.807) is 0 Å². The Morgan fingerprint density at radius 1 is 1.70 bits per heavy atom. The molecule has 2 nitrogen and oxygen atoms in total. The summed E-state index contributed by atoms with van der Waals surface area (Å²) in [4.78, 5) is 10.6. The van der Waals surface area contributed by atoms with Gasteiger partial charge in [-0.25, -0.2) is 0 Å². The fourth-order valence-electron chi connectivity index (χ4n) is 0.616. The molecule has 0 spiro atoms. The molecule has 0 aliphatic carbocycles. The van der Waals surface area contributed by atoms with E-state index in [2.05, 4.69) is 13.5 Å². The van der Waals surface area contributed by atoms with Crippen LogP contribution in [0.15, 0.2) is 12.7 Å². The SMILES string of the molecule is [CH2]CCCC(O)C(=O)C=C. The van der Waals surface area contributed by atoms with Gasteiger partial charge in [-0.05, 0) is 12.5 Å². The molecular formula is C8H13O2. The van der Waals surface area contributed by atoms with Gasteiger partial charge in [0.15, 0.2) is 5.78 Å². The largest absolute Gasteiger partial charge is 0.385 e. The molecule has 10 heavy (non-hydrogen) atoms. The van der Waals surface area contributed by atoms with Crippen LogP contribution in [0.2, 0.25) is 0 Å². The maximum atomic E-state index is 10.6. The van der Waals surface area contributed by atoms with E-state index >= 15 is 0 Å². The molecule has 0 saturated heterocycles. The highest BCUT2D eigenvalue weighted by Crippen LogP contribution is 2.00. The Kier molecular flexibility index (Phi) is 4.85. The summed E-state index contributed by atoms with van der Waals surface area (Å²) in [6, 6.07) is 0. The molecule has 1 atom stereocenters. The van der Waals surface area contributed by atoms with E-state index in [0.29, 0.717) is 6.42 Å². The third kappa shape index (κ3) is 3.41. The lowest BCUT2D eigenvalue weighted by atomic mass is 10.1. The quantitative estimate of drug-likeness (QED) is 0.582. The van der Waals surface area contributed by atoms with Gasteiger partial charge in [-0.2, -0.15) is 0 Å². The van der Waals surface area contributed by atoms with Crippen LogP contribution in [0.25, 0.3) is 0 Å². The van der Waals surface area contributed by atoms with Crippen LogP contribution < -0.4 is 0 Å². The van der Waals surface area contributed by atoms with Crippen LogP contribution in [-0.2, 0) is 4.79 Å². The Morgan fingerprint density at radius 2 is 2.30 bits per heavy atom. The van der Waals surface area contributed by atoms with Crippen molar-refractivity contribution in [1.29, 1.82) is 0 Å². The average Bonchev–Trinajstić information content (AvgIpc) is 1.98. The molecule has 0 heterocycles. The molecule has 0 fully saturated rings. The number of aliphatic hydroxyl groups excluding tert-OH is 1. The molecule has 1 unspecified atom stereocenters. The summed E-state index contributed by atoms with van der Waals surface area (Å²) < 4.78 is 0. The van der Waals surface area contributed by atoms with Gasteiger partial charge in [0.25, 0.3) is 0 Å². The van der Waals surface area contributed by atoms with E-state index in [0.717, 1.165) is 18.9 Å². The second-order valence-corrected chi connectivity index (χ2v) is 2.12. The Morgan fingerprint density at radius 3 is 2.70 bits per heavy atom. The van der Waals surface area contributed by atoms with Crippen LogP contribution in [0.4, 0.5) is 0 Å². The monoisotopic (exact) mass is 141 g/mol. The molecule has 1 radical (unpaired) electrons. The third-order valence-electron chi connectivity index (χ3n) is 1.26. The highest BCUT2D eigenvalue weighted by atomic mass is 16.3. The number of unbranched alkanes of at least 4 members (excludes halogenated alkanes) is 1. The Labute approximate surface area is 61.6 Å². The number of carbonyl (C=O) groups excluding carboxylic acids is 1. The van der Waals surface area contributed by atoms with Crippen LogP contribution in [0.5, 0.6) is 0 Å². The van der Waals surface area contributed by atoms with Gasteiger partial charge in [0, 0.05) is 0 Å². The summed E-state index contributed by atoms with van der Waals surface area (Å²) in [5.41, 5.74) is 0. The van der Waals surface area contributed by atoms with Crippen molar-refractivity contribution in [3.05, 3.63) is 19.6 Å². The van der Waals surface area contributed by atoms with E-state index in [9.17, 15) is 4.79 Å². The maximum absolute atomic E-state index is 10.6. The molecule has 0 rings (SSSR count). The van der Waals surface area contributed by atoms with Crippen molar-refractivity contribution in [3.8, 4) is 0 Å². The second kappa shape index (κ2) is 5.18. The Balaban J connectivity index is 3.51. The normalized spacial score (nSPS) is 12.6. The van der Waals surface area contributed by atoms with Gasteiger partial charge in [-0.3, -0.25) is 4.79 Å². The lowest BCUT2D eigenvalue weighted by Crippen LogP contribution is -2.17. The smallest absolute Gasteiger partial charge is 0.183 e. The molecule has 0 aromatic heterocycles. The zero-order valence-corrected chi connectivity index (χ0v) is 6.05. The molecule has 2 heteroatoms. The number of hydrogen-bond acceptors (Lipinski definition) is 2. The Hall–Kier alpha value is -0.630. The van der Waals surface area contributed by atoms with Gasteiger partial charge in [-0.15, -0.1) is 0 Å². The van der Waals surface area contributed by atoms with Crippen molar-refractivity contribution in [2.75, 3.05) is 0 Å². The van der Waals surface area contributed by atoms with Crippen LogP contribution in [0.3, 0.4) is 0 Å². The van der Waals surface area contributed by atoms with Crippen LogP contribution >= 0.6 is 0 Å². The van der Waals surface area contributed by atoms with Crippen LogP contribution in [-0.4, -0.2) is 17.0 Å². The van der Waals surface area contributed by atoms with Crippen LogP contribution in [0, 0.1) is 6.92 Å². The summed E-state index contributed by atoms with van der Waals surface area (Å²) in [6.45, 7) is 6.86. The first kappa shape index (κ1) is 9.37. The lowest BCUT2D eigenvalue weighted by Gasteiger charge is -2.03. The number of rotatable bonds is 5. The van der Waals surface area contributed by atoms with Gasteiger partial charge < -0.3 is 5.11 Å². The standard InChI is InChI=1S/C8H13O2/c1-3-5-6-8(10)7(9)4-2/h4,8,10H,1-3,5-6H2. The summed E-state index contributed by atoms with van der Waals surface area (Å²) in [5.74, 6) is -0.298. The number of aliphatic hydroxyl groups is 1. The topological polar surface area (TPSA) is 37.3 Å². The van der Waals surface area contributed by atoms with Gasteiger partial charge in [0.2, 0.25) is 0 Å². The van der Waals surface area contributed by atoms with Crippen molar-refractivity contribution in [1.82, 2.24) is 0 Å². The molecule has 0 aliphatic heterocycles. The van der Waals surface area contributed by atoms with E-state index in [1.165, 1.54) is 0 Å². The van der Waals surface area contributed by atoms with E-state index in [-0.39, 0.29) is 5.78 Å². The first-order valence-corrected chi connectivity index (χ1v) is 3.36. The number of hydrogen-bond donors (Lipinski definition) is 1. The van der Waals surface area contributed by atoms with Crippen molar-refractivity contribution in [2.45, 2.75) is 25.4 Å². The summed E-state index contributed by atoms with van der Waals surface area (Å²) >= 11 is 0. The fraction of sp³-hybridized carbons (Fsp3) is 0.500. The average molecular weight is 141 g/mol. The zero-order valence-electron chi connectivity index (χ0n) is 6.05. The lowest BCUT2D eigenvalue weighted by molar-refractivity contribution is -0.122. The fourth-order valence-corrected chi connectivity index (χ4v) is 0.616. The van der Waals surface area contributed by atoms with Crippen molar-refractivity contribution < 1.29 is 9.90 Å². The minimum atomic E-state index is -0.862. The summed E-state index contributed by atoms with van der Waals surface area (Å²) in [6.07, 6.45) is 2.31. The van der Waals surface area contributed by atoms with Crippen molar-refractivity contribution in [2.24, 2.45) is 0 Å². The van der Waals surface area contributed by atoms with E-state index < -0.39 is 6.10 Å². The van der Waals surface area contributed by atoms with E-state index in [1.807, 2.05) is 0 Å². The predicted octanol–water partition coefficient (Wildman–Crippen LogP) is 1.11. The van der Waals surface area contributed by atoms with Crippen LogP contribution in [0.1, 0.15) is 19.3 Å². The summed E-state index contributed by atoms with van der Waals surface area (Å²) in [7, 11) is 0. The first-order chi connectivity index (χ1) is 4.72. The number of ketones is 1. The highest BCUT2D eigenvalue weighted by molar-refractivity contribution is 5.92. The zero-order chi connectivity index (χ0) is 7.98. The van der Waals surface area contributed by atoms with Gasteiger partial charge in [-0.1, -0.05) is 26.3 Å². The molecule has 0 amide bonds. The molecule has 0 bridgehead atoms. The third-order valence-corrected chi connectivity index (χ3v) is 1.26. The minimum absolute atomic E-state index is 0.298. The molecule has 1 N–H and O–H groups in total. The molecule has 0 aliphatic rings.